The minimum Gasteiger partial charge on any atom is -0.494 e. The Morgan fingerprint density at radius 3 is 2.23 bits per heavy atom. The molecule has 0 radical (unpaired) electrons. The minimum absolute atomic E-state index is 0.617. The first-order valence-corrected chi connectivity index (χ1v) is 9.63. The zero-order valence-corrected chi connectivity index (χ0v) is 16.7. The van der Waals surface area contributed by atoms with Crippen molar-refractivity contribution in [3.63, 3.8) is 0 Å². The van der Waals surface area contributed by atoms with Crippen molar-refractivity contribution < 1.29 is 4.74 Å². The van der Waals surface area contributed by atoms with E-state index < -0.39 is 0 Å². The van der Waals surface area contributed by atoms with E-state index in [1.807, 2.05) is 31.2 Å². The number of hydrogen-bond acceptors (Lipinski definition) is 3. The molecule has 2 aromatic carbocycles. The first-order valence-electron chi connectivity index (χ1n) is 9.23. The quantitative estimate of drug-likeness (QED) is 0.639. The van der Waals surface area contributed by atoms with Gasteiger partial charge in [-0.15, -0.1) is 0 Å². The molecule has 26 heavy (non-hydrogen) atoms. The third kappa shape index (κ3) is 6.32. The van der Waals surface area contributed by atoms with Crippen molar-refractivity contribution in [2.75, 3.05) is 25.0 Å². The molecule has 0 amide bonds. The Balaban J connectivity index is 1.90. The highest BCUT2D eigenvalue weighted by Crippen LogP contribution is 2.16. The zero-order valence-electron chi connectivity index (χ0n) is 15.9. The van der Waals surface area contributed by atoms with Gasteiger partial charge in [0.25, 0.3) is 0 Å². The summed E-state index contributed by atoms with van der Waals surface area (Å²) in [6.07, 6.45) is 0. The second-order valence-electron chi connectivity index (χ2n) is 6.00. The maximum Gasteiger partial charge on any atom is 0.171 e. The number of nitrogens with zero attached hydrogens (tertiary/aromatic N) is 1. The summed E-state index contributed by atoms with van der Waals surface area (Å²) < 4.78 is 5.45. The summed E-state index contributed by atoms with van der Waals surface area (Å²) in [5, 5.41) is 7.14. The Labute approximate surface area is 162 Å². The van der Waals surface area contributed by atoms with E-state index in [0.717, 1.165) is 31.1 Å². The highest BCUT2D eigenvalue weighted by atomic mass is 32.1. The van der Waals surface area contributed by atoms with Crippen LogP contribution in [0.4, 0.5) is 5.69 Å². The lowest BCUT2D eigenvalue weighted by molar-refractivity contribution is 0.295. The fourth-order valence-corrected chi connectivity index (χ4v) is 2.91. The number of ether oxygens (including phenoxy) is 1. The molecule has 5 heteroatoms. The maximum absolute atomic E-state index is 5.45. The summed E-state index contributed by atoms with van der Waals surface area (Å²) in [5.74, 6) is 0.863. The third-order valence-corrected chi connectivity index (χ3v) is 4.52. The number of hydrogen-bond donors (Lipinski definition) is 2. The van der Waals surface area contributed by atoms with E-state index in [-0.39, 0.29) is 0 Å². The fraction of sp³-hybridized carbons (Fsp3) is 0.381. The maximum atomic E-state index is 5.45. The normalized spacial score (nSPS) is 10.6. The second-order valence-corrected chi connectivity index (χ2v) is 6.40. The molecule has 0 fully saturated rings. The molecule has 0 heterocycles. The largest absolute Gasteiger partial charge is 0.494 e. The van der Waals surface area contributed by atoms with Gasteiger partial charge in [0, 0.05) is 18.8 Å². The van der Waals surface area contributed by atoms with Gasteiger partial charge in [-0.25, -0.2) is 0 Å². The molecule has 0 unspecified atom stereocenters. The Morgan fingerprint density at radius 2 is 1.62 bits per heavy atom. The van der Waals surface area contributed by atoms with Crippen molar-refractivity contribution in [1.82, 2.24) is 10.2 Å². The van der Waals surface area contributed by atoms with Crippen LogP contribution in [0.3, 0.4) is 0 Å². The van der Waals surface area contributed by atoms with Gasteiger partial charge >= 0.3 is 0 Å². The van der Waals surface area contributed by atoms with Gasteiger partial charge in [0.15, 0.2) is 5.11 Å². The van der Waals surface area contributed by atoms with Gasteiger partial charge in [0.1, 0.15) is 5.75 Å². The number of anilines is 1. The highest BCUT2D eigenvalue weighted by Gasteiger charge is 2.07. The molecule has 0 saturated carbocycles. The van der Waals surface area contributed by atoms with Crippen LogP contribution < -0.4 is 15.4 Å². The molecule has 0 spiro atoms. The lowest BCUT2D eigenvalue weighted by atomic mass is 10.1. The van der Waals surface area contributed by atoms with Crippen LogP contribution in [0, 0.1) is 0 Å². The van der Waals surface area contributed by atoms with Crippen molar-refractivity contribution in [2.45, 2.75) is 33.9 Å². The van der Waals surface area contributed by atoms with E-state index in [1.165, 1.54) is 11.1 Å². The monoisotopic (exact) mass is 371 g/mol. The first kappa shape index (κ1) is 20.2. The molecular weight excluding hydrogens is 342 g/mol. The van der Waals surface area contributed by atoms with Crippen LogP contribution in [-0.4, -0.2) is 29.7 Å². The Bertz CT molecular complexity index is 684. The zero-order chi connectivity index (χ0) is 18.8. The van der Waals surface area contributed by atoms with Gasteiger partial charge in [-0.3, -0.25) is 4.90 Å². The van der Waals surface area contributed by atoms with Crippen LogP contribution in [0.15, 0.2) is 48.5 Å². The van der Waals surface area contributed by atoms with E-state index in [9.17, 15) is 0 Å². The standard InChI is InChI=1S/C21H29N3OS/c1-4-24(5-2)16-18-10-8-7-9-17(18)15-22-21(26)23-19-11-13-20(14-12-19)25-6-3/h7-14H,4-6,15-16H2,1-3H3,(H2,22,23,26). The fourth-order valence-electron chi connectivity index (χ4n) is 2.72. The van der Waals surface area contributed by atoms with Gasteiger partial charge in [0.05, 0.1) is 6.61 Å². The van der Waals surface area contributed by atoms with Crippen molar-refractivity contribution in [2.24, 2.45) is 0 Å². The Morgan fingerprint density at radius 1 is 0.962 bits per heavy atom. The van der Waals surface area contributed by atoms with Gasteiger partial charge in [0.2, 0.25) is 0 Å². The van der Waals surface area contributed by atoms with Crippen molar-refractivity contribution in [3.05, 3.63) is 59.7 Å². The van der Waals surface area contributed by atoms with E-state index in [4.69, 9.17) is 17.0 Å². The first-order chi connectivity index (χ1) is 12.7. The summed E-state index contributed by atoms with van der Waals surface area (Å²) in [7, 11) is 0. The molecular formula is C21H29N3OS. The lowest BCUT2D eigenvalue weighted by Gasteiger charge is -2.20. The molecule has 2 rings (SSSR count). The van der Waals surface area contributed by atoms with E-state index in [2.05, 4.69) is 53.6 Å². The van der Waals surface area contributed by atoms with Crippen LogP contribution in [0.5, 0.6) is 5.75 Å². The van der Waals surface area contributed by atoms with Gasteiger partial charge in [-0.2, -0.15) is 0 Å². The van der Waals surface area contributed by atoms with Gasteiger partial charge in [-0.1, -0.05) is 38.1 Å². The molecule has 140 valence electrons. The summed E-state index contributed by atoms with van der Waals surface area (Å²) in [4.78, 5) is 2.41. The average Bonchev–Trinajstić information content (AvgIpc) is 2.67. The lowest BCUT2D eigenvalue weighted by Crippen LogP contribution is -2.29. The number of rotatable bonds is 9. The molecule has 0 aliphatic heterocycles. The number of benzene rings is 2. The molecule has 0 atom stereocenters. The van der Waals surface area contributed by atoms with Crippen LogP contribution in [0.25, 0.3) is 0 Å². The Hall–Kier alpha value is -2.11. The van der Waals surface area contributed by atoms with Crippen LogP contribution in [-0.2, 0) is 13.1 Å². The number of nitrogens with one attached hydrogen (secondary N) is 2. The molecule has 4 nitrogen and oxygen atoms in total. The summed E-state index contributed by atoms with van der Waals surface area (Å²) in [6.45, 7) is 10.8. The Kier molecular flexibility index (Phi) is 8.38. The molecule has 0 aliphatic carbocycles. The van der Waals surface area contributed by atoms with Gasteiger partial charge < -0.3 is 15.4 Å². The smallest absolute Gasteiger partial charge is 0.171 e. The summed E-state index contributed by atoms with van der Waals surface area (Å²) in [6, 6.07) is 16.3. The number of thiocarbonyl (C=S) groups is 1. The molecule has 2 aromatic rings. The van der Waals surface area contributed by atoms with Gasteiger partial charge in [-0.05, 0) is 67.6 Å². The molecule has 0 aliphatic rings. The minimum atomic E-state index is 0.617. The highest BCUT2D eigenvalue weighted by molar-refractivity contribution is 7.80. The SMILES string of the molecule is CCOc1ccc(NC(=S)NCc2ccccc2CN(CC)CC)cc1. The van der Waals surface area contributed by atoms with E-state index in [1.54, 1.807) is 0 Å². The van der Waals surface area contributed by atoms with Crippen LogP contribution >= 0.6 is 12.2 Å². The second kappa shape index (κ2) is 10.8. The van der Waals surface area contributed by atoms with E-state index >= 15 is 0 Å². The molecule has 0 saturated heterocycles. The van der Waals surface area contributed by atoms with Crippen molar-refractivity contribution >= 4 is 23.0 Å². The third-order valence-electron chi connectivity index (χ3n) is 4.27. The summed E-state index contributed by atoms with van der Waals surface area (Å²) >= 11 is 5.43. The van der Waals surface area contributed by atoms with Crippen LogP contribution in [0.1, 0.15) is 31.9 Å². The topological polar surface area (TPSA) is 36.5 Å². The average molecular weight is 372 g/mol. The molecule has 0 bridgehead atoms. The van der Waals surface area contributed by atoms with Crippen LogP contribution in [0.2, 0.25) is 0 Å². The predicted molar refractivity (Wildman–Crippen MR) is 114 cm³/mol. The summed E-state index contributed by atoms with van der Waals surface area (Å²) in [5.41, 5.74) is 3.56. The van der Waals surface area contributed by atoms with Crippen molar-refractivity contribution in [1.29, 1.82) is 0 Å². The van der Waals surface area contributed by atoms with E-state index in [0.29, 0.717) is 18.3 Å². The molecule has 2 N–H and O–H groups in total. The molecule has 0 aromatic heterocycles. The van der Waals surface area contributed by atoms with Crippen molar-refractivity contribution in [3.8, 4) is 5.75 Å². The predicted octanol–water partition coefficient (Wildman–Crippen LogP) is 4.41.